The van der Waals surface area contributed by atoms with Gasteiger partial charge in [0.25, 0.3) is 0 Å². The Labute approximate surface area is 116 Å². The minimum absolute atomic E-state index is 0.115. The number of urea groups is 1. The van der Waals surface area contributed by atoms with Gasteiger partial charge in [0.15, 0.2) is 0 Å². The van der Waals surface area contributed by atoms with E-state index in [0.717, 1.165) is 28.1 Å². The Kier molecular flexibility index (Phi) is 2.99. The van der Waals surface area contributed by atoms with Gasteiger partial charge in [0, 0.05) is 24.8 Å². The van der Waals surface area contributed by atoms with Crippen molar-refractivity contribution in [1.29, 1.82) is 0 Å². The zero-order valence-electron chi connectivity index (χ0n) is 11.4. The molecular formula is C15H16N2O3. The topological polar surface area (TPSA) is 65.7 Å². The molecule has 2 aromatic rings. The van der Waals surface area contributed by atoms with Crippen molar-refractivity contribution >= 4 is 11.7 Å². The minimum Gasteiger partial charge on any atom is -0.469 e. The maximum Gasteiger partial charge on any atom is 0.321 e. The Hall–Kier alpha value is -2.27. The Bertz CT molecular complexity index is 663. The van der Waals surface area contributed by atoms with Gasteiger partial charge in [-0.3, -0.25) is 0 Å². The molecule has 1 aromatic carbocycles. The first-order valence-electron chi connectivity index (χ1n) is 6.42. The number of carbonyl (C=O) groups excluding carboxylic acids is 1. The number of hydrogen-bond donors (Lipinski definition) is 2. The van der Waals surface area contributed by atoms with Crippen LogP contribution in [-0.2, 0) is 6.54 Å². The summed E-state index contributed by atoms with van der Waals surface area (Å²) in [4.78, 5) is 13.2. The summed E-state index contributed by atoms with van der Waals surface area (Å²) >= 11 is 0. The quantitative estimate of drug-likeness (QED) is 0.883. The van der Waals surface area contributed by atoms with Crippen molar-refractivity contribution in [1.82, 2.24) is 4.90 Å². The highest BCUT2D eigenvalue weighted by atomic mass is 16.3. The molecule has 0 bridgehead atoms. The van der Waals surface area contributed by atoms with Gasteiger partial charge in [-0.25, -0.2) is 4.79 Å². The van der Waals surface area contributed by atoms with Crippen LogP contribution in [0.15, 0.2) is 34.9 Å². The van der Waals surface area contributed by atoms with Crippen molar-refractivity contribution in [3.8, 4) is 0 Å². The summed E-state index contributed by atoms with van der Waals surface area (Å²) in [5, 5.41) is 13.2. The molecule has 0 saturated heterocycles. The maximum atomic E-state index is 11.6. The number of fused-ring (bicyclic) bond motifs is 1. The van der Waals surface area contributed by atoms with E-state index in [4.69, 9.17) is 4.42 Å². The first-order chi connectivity index (χ1) is 9.54. The fourth-order valence-electron chi connectivity index (χ4n) is 2.37. The van der Waals surface area contributed by atoms with E-state index in [9.17, 15) is 9.90 Å². The molecule has 1 aliphatic heterocycles. The number of anilines is 1. The molecule has 1 atom stereocenters. The molecule has 104 valence electrons. The molecule has 0 spiro atoms. The van der Waals surface area contributed by atoms with Crippen molar-refractivity contribution in [3.05, 3.63) is 53.0 Å². The molecule has 1 aliphatic rings. The number of amides is 2. The van der Waals surface area contributed by atoms with E-state index in [-0.39, 0.29) is 6.03 Å². The SMILES string of the molecule is Cc1cc(C(O)c2ccc3c(c2)CN(C)C(=O)N3)co1. The molecule has 0 saturated carbocycles. The van der Waals surface area contributed by atoms with Crippen LogP contribution in [0.4, 0.5) is 10.5 Å². The van der Waals surface area contributed by atoms with Gasteiger partial charge in [0.2, 0.25) is 0 Å². The Balaban J connectivity index is 1.92. The summed E-state index contributed by atoms with van der Waals surface area (Å²) in [7, 11) is 1.74. The highest BCUT2D eigenvalue weighted by molar-refractivity contribution is 5.92. The molecule has 5 nitrogen and oxygen atoms in total. The molecule has 1 unspecified atom stereocenters. The zero-order chi connectivity index (χ0) is 14.3. The molecule has 1 aromatic heterocycles. The van der Waals surface area contributed by atoms with Gasteiger partial charge in [0.05, 0.1) is 6.26 Å². The molecule has 0 radical (unpaired) electrons. The number of rotatable bonds is 2. The average molecular weight is 272 g/mol. The van der Waals surface area contributed by atoms with Crippen molar-refractivity contribution < 1.29 is 14.3 Å². The molecule has 0 fully saturated rings. The fraction of sp³-hybridized carbons (Fsp3) is 0.267. The van der Waals surface area contributed by atoms with Crippen LogP contribution in [0.5, 0.6) is 0 Å². The van der Waals surface area contributed by atoms with E-state index in [1.54, 1.807) is 18.2 Å². The van der Waals surface area contributed by atoms with Gasteiger partial charge in [-0.1, -0.05) is 6.07 Å². The van der Waals surface area contributed by atoms with Crippen LogP contribution in [0.2, 0.25) is 0 Å². The van der Waals surface area contributed by atoms with Crippen LogP contribution in [0.1, 0.15) is 28.6 Å². The van der Waals surface area contributed by atoms with E-state index >= 15 is 0 Å². The number of aliphatic hydroxyl groups excluding tert-OH is 1. The van der Waals surface area contributed by atoms with Gasteiger partial charge in [-0.05, 0) is 36.2 Å². The maximum absolute atomic E-state index is 11.6. The lowest BCUT2D eigenvalue weighted by Gasteiger charge is -2.26. The number of carbonyl (C=O) groups is 1. The molecule has 3 rings (SSSR count). The smallest absolute Gasteiger partial charge is 0.321 e. The predicted octanol–water partition coefficient (Wildman–Crippen LogP) is 2.65. The second-order valence-corrected chi connectivity index (χ2v) is 5.10. The summed E-state index contributed by atoms with van der Waals surface area (Å²) in [5.74, 6) is 0.768. The van der Waals surface area contributed by atoms with E-state index in [1.807, 2.05) is 31.2 Å². The van der Waals surface area contributed by atoms with Crippen molar-refractivity contribution in [2.75, 3.05) is 12.4 Å². The highest BCUT2D eigenvalue weighted by Crippen LogP contribution is 2.29. The number of benzene rings is 1. The molecule has 5 heteroatoms. The molecule has 0 aliphatic carbocycles. The Morgan fingerprint density at radius 3 is 2.85 bits per heavy atom. The van der Waals surface area contributed by atoms with Crippen molar-refractivity contribution in [2.45, 2.75) is 19.6 Å². The fourth-order valence-corrected chi connectivity index (χ4v) is 2.37. The lowest BCUT2D eigenvalue weighted by atomic mass is 9.99. The van der Waals surface area contributed by atoms with Crippen LogP contribution < -0.4 is 5.32 Å². The van der Waals surface area contributed by atoms with Crippen LogP contribution >= 0.6 is 0 Å². The summed E-state index contributed by atoms with van der Waals surface area (Å²) in [6, 6.07) is 7.26. The first kappa shape index (κ1) is 12.7. The lowest BCUT2D eigenvalue weighted by molar-refractivity contribution is 0.216. The third-order valence-electron chi connectivity index (χ3n) is 3.51. The summed E-state index contributed by atoms with van der Waals surface area (Å²) in [6.07, 6.45) is 0.841. The largest absolute Gasteiger partial charge is 0.469 e. The monoisotopic (exact) mass is 272 g/mol. The minimum atomic E-state index is -0.722. The second-order valence-electron chi connectivity index (χ2n) is 5.10. The number of nitrogens with one attached hydrogen (secondary N) is 1. The third kappa shape index (κ3) is 2.16. The molecule has 20 heavy (non-hydrogen) atoms. The van der Waals surface area contributed by atoms with E-state index < -0.39 is 6.10 Å². The summed E-state index contributed by atoms with van der Waals surface area (Å²) in [6.45, 7) is 2.37. The van der Waals surface area contributed by atoms with Crippen LogP contribution in [0.25, 0.3) is 0 Å². The first-order valence-corrected chi connectivity index (χ1v) is 6.42. The normalized spacial score (nSPS) is 15.8. The van der Waals surface area contributed by atoms with E-state index in [0.29, 0.717) is 6.54 Å². The van der Waals surface area contributed by atoms with Crippen molar-refractivity contribution in [2.24, 2.45) is 0 Å². The lowest BCUT2D eigenvalue weighted by Crippen LogP contribution is -2.35. The van der Waals surface area contributed by atoms with Crippen LogP contribution in [-0.4, -0.2) is 23.1 Å². The second kappa shape index (κ2) is 4.68. The van der Waals surface area contributed by atoms with E-state index in [2.05, 4.69) is 5.32 Å². The molecular weight excluding hydrogens is 256 g/mol. The van der Waals surface area contributed by atoms with Gasteiger partial charge >= 0.3 is 6.03 Å². The molecule has 2 N–H and O–H groups in total. The number of aliphatic hydroxyl groups is 1. The zero-order valence-corrected chi connectivity index (χ0v) is 11.4. The predicted molar refractivity (Wildman–Crippen MR) is 74.4 cm³/mol. The number of nitrogens with zero attached hydrogens (tertiary/aromatic N) is 1. The number of aryl methyl sites for hydroxylation is 1. The third-order valence-corrected chi connectivity index (χ3v) is 3.51. The van der Waals surface area contributed by atoms with Gasteiger partial charge < -0.3 is 19.7 Å². The standard InChI is InChI=1S/C15H16N2O3/c1-9-5-12(8-20-9)14(18)10-3-4-13-11(6-10)7-17(2)15(19)16-13/h3-6,8,14,18H,7H2,1-2H3,(H,16,19). The highest BCUT2D eigenvalue weighted by Gasteiger charge is 2.21. The molecule has 2 amide bonds. The average Bonchev–Trinajstić information content (AvgIpc) is 2.85. The number of hydrogen-bond acceptors (Lipinski definition) is 3. The van der Waals surface area contributed by atoms with E-state index in [1.165, 1.54) is 0 Å². The Morgan fingerprint density at radius 2 is 2.15 bits per heavy atom. The van der Waals surface area contributed by atoms with Gasteiger partial charge in [-0.2, -0.15) is 0 Å². The van der Waals surface area contributed by atoms with Crippen LogP contribution in [0.3, 0.4) is 0 Å². The van der Waals surface area contributed by atoms with Crippen LogP contribution in [0, 0.1) is 6.92 Å². The summed E-state index contributed by atoms with van der Waals surface area (Å²) < 4.78 is 5.23. The number of furan rings is 1. The van der Waals surface area contributed by atoms with Crippen molar-refractivity contribution in [3.63, 3.8) is 0 Å². The Morgan fingerprint density at radius 1 is 1.35 bits per heavy atom. The molecule has 2 heterocycles. The summed E-state index contributed by atoms with van der Waals surface area (Å²) in [5.41, 5.74) is 3.31. The van der Waals surface area contributed by atoms with Gasteiger partial charge in [0.1, 0.15) is 11.9 Å². The van der Waals surface area contributed by atoms with Gasteiger partial charge in [-0.15, -0.1) is 0 Å².